The molecule has 0 amide bonds. The van der Waals surface area contributed by atoms with Gasteiger partial charge in [0.15, 0.2) is 0 Å². The van der Waals surface area contributed by atoms with Gasteiger partial charge in [0.1, 0.15) is 0 Å². The summed E-state index contributed by atoms with van der Waals surface area (Å²) in [5.74, 6) is 1.03. The monoisotopic (exact) mass is 169 g/mol. The summed E-state index contributed by atoms with van der Waals surface area (Å²) in [5.41, 5.74) is 0.635. The molecular formula is C11H23N. The highest BCUT2D eigenvalue weighted by molar-refractivity contribution is 4.93. The minimum atomic E-state index is 0.635. The highest BCUT2D eigenvalue weighted by Gasteiger charge is 2.41. The van der Waals surface area contributed by atoms with E-state index in [2.05, 4.69) is 26.1 Å². The lowest BCUT2D eigenvalue weighted by Crippen LogP contribution is -2.35. The molecule has 1 aliphatic carbocycles. The maximum Gasteiger partial charge on any atom is 0.00101 e. The normalized spacial score (nSPS) is 18.2. The standard InChI is InChI=1S/C11H23N/c1-4-11(5-2,9-12-6-3)10-7-8-10/h10,12H,4-9H2,1-3H3. The van der Waals surface area contributed by atoms with Crippen molar-refractivity contribution in [2.75, 3.05) is 13.1 Å². The highest BCUT2D eigenvalue weighted by atomic mass is 14.9. The van der Waals surface area contributed by atoms with Gasteiger partial charge in [-0.1, -0.05) is 20.8 Å². The molecule has 12 heavy (non-hydrogen) atoms. The Kier molecular flexibility index (Phi) is 3.57. The molecule has 0 spiro atoms. The summed E-state index contributed by atoms with van der Waals surface area (Å²) in [6, 6.07) is 0. The maximum absolute atomic E-state index is 3.51. The molecule has 0 aromatic heterocycles. The van der Waals surface area contributed by atoms with E-state index >= 15 is 0 Å². The van der Waals surface area contributed by atoms with Crippen molar-refractivity contribution in [2.24, 2.45) is 11.3 Å². The third-order valence-corrected chi connectivity index (χ3v) is 3.58. The van der Waals surface area contributed by atoms with Crippen LogP contribution in [0.2, 0.25) is 0 Å². The Balaban J connectivity index is 2.43. The predicted molar refractivity (Wildman–Crippen MR) is 54.3 cm³/mol. The average Bonchev–Trinajstić information content (AvgIpc) is 2.91. The van der Waals surface area contributed by atoms with Crippen molar-refractivity contribution in [1.82, 2.24) is 5.32 Å². The van der Waals surface area contributed by atoms with Gasteiger partial charge in [-0.2, -0.15) is 0 Å². The molecule has 1 fully saturated rings. The zero-order valence-electron chi connectivity index (χ0n) is 8.82. The van der Waals surface area contributed by atoms with Crippen LogP contribution in [0.5, 0.6) is 0 Å². The predicted octanol–water partition coefficient (Wildman–Crippen LogP) is 2.81. The summed E-state index contributed by atoms with van der Waals surface area (Å²) in [6.45, 7) is 9.25. The van der Waals surface area contributed by atoms with Crippen LogP contribution < -0.4 is 5.32 Å². The quantitative estimate of drug-likeness (QED) is 0.644. The van der Waals surface area contributed by atoms with E-state index in [9.17, 15) is 0 Å². The molecule has 0 aromatic rings. The molecule has 0 radical (unpaired) electrons. The summed E-state index contributed by atoms with van der Waals surface area (Å²) in [5, 5.41) is 3.51. The topological polar surface area (TPSA) is 12.0 Å². The van der Waals surface area contributed by atoms with E-state index in [4.69, 9.17) is 0 Å². The summed E-state index contributed by atoms with van der Waals surface area (Å²) in [6.07, 6.45) is 5.66. The van der Waals surface area contributed by atoms with Crippen molar-refractivity contribution in [3.05, 3.63) is 0 Å². The van der Waals surface area contributed by atoms with Gasteiger partial charge in [0.2, 0.25) is 0 Å². The van der Waals surface area contributed by atoms with E-state index in [1.54, 1.807) is 0 Å². The van der Waals surface area contributed by atoms with Crippen molar-refractivity contribution in [2.45, 2.75) is 46.5 Å². The van der Waals surface area contributed by atoms with Gasteiger partial charge < -0.3 is 5.32 Å². The van der Waals surface area contributed by atoms with Crippen LogP contribution in [0.3, 0.4) is 0 Å². The fourth-order valence-electron chi connectivity index (χ4n) is 2.29. The molecule has 0 bridgehead atoms. The third-order valence-electron chi connectivity index (χ3n) is 3.58. The van der Waals surface area contributed by atoms with Gasteiger partial charge in [-0.25, -0.2) is 0 Å². The van der Waals surface area contributed by atoms with Crippen LogP contribution in [0.15, 0.2) is 0 Å². The summed E-state index contributed by atoms with van der Waals surface area (Å²) in [7, 11) is 0. The first-order valence-electron chi connectivity index (χ1n) is 5.49. The van der Waals surface area contributed by atoms with Crippen molar-refractivity contribution in [3.63, 3.8) is 0 Å². The lowest BCUT2D eigenvalue weighted by molar-refractivity contribution is 0.208. The smallest absolute Gasteiger partial charge is 0.00101 e. The van der Waals surface area contributed by atoms with Gasteiger partial charge in [-0.05, 0) is 43.6 Å². The van der Waals surface area contributed by atoms with E-state index < -0.39 is 0 Å². The lowest BCUT2D eigenvalue weighted by Gasteiger charge is -2.32. The molecule has 0 aromatic carbocycles. The zero-order valence-corrected chi connectivity index (χ0v) is 8.82. The van der Waals surface area contributed by atoms with Crippen molar-refractivity contribution >= 4 is 0 Å². The molecule has 0 unspecified atom stereocenters. The van der Waals surface area contributed by atoms with Crippen molar-refractivity contribution in [1.29, 1.82) is 0 Å². The first kappa shape index (κ1) is 10.0. The van der Waals surface area contributed by atoms with Crippen LogP contribution >= 0.6 is 0 Å². The number of nitrogens with one attached hydrogen (secondary N) is 1. The average molecular weight is 169 g/mol. The Morgan fingerprint density at radius 2 is 1.75 bits per heavy atom. The molecule has 1 heteroatoms. The fraction of sp³-hybridized carbons (Fsp3) is 1.00. The van der Waals surface area contributed by atoms with Crippen molar-refractivity contribution in [3.8, 4) is 0 Å². The largest absolute Gasteiger partial charge is 0.316 e. The molecule has 0 aliphatic heterocycles. The Hall–Kier alpha value is -0.0400. The molecule has 72 valence electrons. The molecule has 0 saturated heterocycles. The van der Waals surface area contributed by atoms with Crippen LogP contribution in [0, 0.1) is 11.3 Å². The van der Waals surface area contributed by atoms with E-state index in [-0.39, 0.29) is 0 Å². The Labute approximate surface area is 76.9 Å². The van der Waals surface area contributed by atoms with E-state index in [0.717, 1.165) is 12.5 Å². The maximum atomic E-state index is 3.51. The third kappa shape index (κ3) is 2.01. The fourth-order valence-corrected chi connectivity index (χ4v) is 2.29. The van der Waals surface area contributed by atoms with Crippen LogP contribution in [-0.2, 0) is 0 Å². The second-order valence-electron chi connectivity index (χ2n) is 4.12. The summed E-state index contributed by atoms with van der Waals surface area (Å²) < 4.78 is 0. The molecule has 1 nitrogen and oxygen atoms in total. The van der Waals surface area contributed by atoms with Gasteiger partial charge in [-0.3, -0.25) is 0 Å². The number of hydrogen-bond acceptors (Lipinski definition) is 1. The van der Waals surface area contributed by atoms with Crippen LogP contribution in [0.4, 0.5) is 0 Å². The zero-order chi connectivity index (χ0) is 9.03. The molecule has 0 heterocycles. The van der Waals surface area contributed by atoms with Crippen LogP contribution in [-0.4, -0.2) is 13.1 Å². The Morgan fingerprint density at radius 1 is 1.17 bits per heavy atom. The molecule has 1 aliphatic rings. The second-order valence-corrected chi connectivity index (χ2v) is 4.12. The molecule has 0 atom stereocenters. The first-order valence-corrected chi connectivity index (χ1v) is 5.49. The summed E-state index contributed by atoms with van der Waals surface area (Å²) in [4.78, 5) is 0. The van der Waals surface area contributed by atoms with Gasteiger partial charge in [0.05, 0.1) is 0 Å². The molecular weight excluding hydrogens is 146 g/mol. The Morgan fingerprint density at radius 3 is 2.08 bits per heavy atom. The first-order chi connectivity index (χ1) is 5.79. The van der Waals surface area contributed by atoms with Gasteiger partial charge >= 0.3 is 0 Å². The molecule has 1 rings (SSSR count). The van der Waals surface area contributed by atoms with E-state index in [1.807, 2.05) is 0 Å². The van der Waals surface area contributed by atoms with Crippen LogP contribution in [0.1, 0.15) is 46.5 Å². The van der Waals surface area contributed by atoms with E-state index in [1.165, 1.54) is 32.2 Å². The minimum absolute atomic E-state index is 0.635. The molecule has 1 saturated carbocycles. The molecule has 1 N–H and O–H groups in total. The van der Waals surface area contributed by atoms with Gasteiger partial charge in [0, 0.05) is 6.54 Å². The number of hydrogen-bond donors (Lipinski definition) is 1. The van der Waals surface area contributed by atoms with Crippen molar-refractivity contribution < 1.29 is 0 Å². The van der Waals surface area contributed by atoms with E-state index in [0.29, 0.717) is 5.41 Å². The second kappa shape index (κ2) is 4.27. The van der Waals surface area contributed by atoms with Gasteiger partial charge in [-0.15, -0.1) is 0 Å². The Bertz CT molecular complexity index is 123. The minimum Gasteiger partial charge on any atom is -0.316 e. The summed E-state index contributed by atoms with van der Waals surface area (Å²) >= 11 is 0. The number of rotatable bonds is 6. The lowest BCUT2D eigenvalue weighted by atomic mass is 9.77. The van der Waals surface area contributed by atoms with Crippen LogP contribution in [0.25, 0.3) is 0 Å². The van der Waals surface area contributed by atoms with Gasteiger partial charge in [0.25, 0.3) is 0 Å². The highest BCUT2D eigenvalue weighted by Crippen LogP contribution is 2.49. The SMILES string of the molecule is CCNCC(CC)(CC)C1CC1.